The van der Waals surface area contributed by atoms with E-state index >= 15 is 0 Å². The van der Waals surface area contributed by atoms with Crippen molar-refractivity contribution in [3.8, 4) is 0 Å². The molecule has 10 heteroatoms. The average Bonchev–Trinajstić information content (AvgIpc) is 3.18. The second-order valence-corrected chi connectivity index (χ2v) is 14.6. The van der Waals surface area contributed by atoms with E-state index in [0.29, 0.717) is 48.1 Å². The standard InChI is InChI=1S/C25H36F3N3O3S/c1-15(2)31-21(11-20(29-31)16-3-5-24(32,6-4-16)25(26,27)28)22-18-9-17(10-19(18)22)30-8-7-23(12-30)13-35(33,34)14-23/h11,15-19,22,32H,3-10,12-14H2,1-2H3/t16?,17?,18-,19+,22?,24?. The Morgan fingerprint density at radius 3 is 2.29 bits per heavy atom. The molecule has 196 valence electrons. The Bertz CT molecular complexity index is 1080. The second-order valence-electron chi connectivity index (χ2n) is 12.6. The van der Waals surface area contributed by atoms with Gasteiger partial charge in [0.25, 0.3) is 0 Å². The van der Waals surface area contributed by atoms with E-state index in [9.17, 15) is 26.7 Å². The van der Waals surface area contributed by atoms with Crippen molar-refractivity contribution in [3.05, 3.63) is 17.5 Å². The summed E-state index contributed by atoms with van der Waals surface area (Å²) in [6.45, 7) is 6.12. The summed E-state index contributed by atoms with van der Waals surface area (Å²) < 4.78 is 65.2. The highest BCUT2D eigenvalue weighted by Gasteiger charge is 2.61. The number of nitrogens with zero attached hydrogens (tertiary/aromatic N) is 3. The highest BCUT2D eigenvalue weighted by Crippen LogP contribution is 2.65. The van der Waals surface area contributed by atoms with Gasteiger partial charge >= 0.3 is 6.18 Å². The van der Waals surface area contributed by atoms with Crippen molar-refractivity contribution in [2.45, 2.75) is 94.5 Å². The van der Waals surface area contributed by atoms with Gasteiger partial charge in [0, 0.05) is 41.6 Å². The molecule has 1 aromatic rings. The first-order valence-corrected chi connectivity index (χ1v) is 14.9. The molecule has 0 bridgehead atoms. The van der Waals surface area contributed by atoms with Crippen LogP contribution in [0.5, 0.6) is 0 Å². The molecule has 3 heterocycles. The minimum Gasteiger partial charge on any atom is -0.380 e. The van der Waals surface area contributed by atoms with Crippen LogP contribution in [0.2, 0.25) is 0 Å². The molecule has 0 amide bonds. The van der Waals surface area contributed by atoms with Crippen LogP contribution >= 0.6 is 0 Å². The monoisotopic (exact) mass is 515 g/mol. The number of halogens is 3. The van der Waals surface area contributed by atoms with E-state index in [1.165, 1.54) is 5.69 Å². The van der Waals surface area contributed by atoms with Crippen LogP contribution in [0.15, 0.2) is 6.07 Å². The zero-order chi connectivity index (χ0) is 25.0. The largest absolute Gasteiger partial charge is 0.417 e. The van der Waals surface area contributed by atoms with E-state index in [-0.39, 0.29) is 30.2 Å². The fourth-order valence-corrected chi connectivity index (χ4v) is 10.2. The number of fused-ring (bicyclic) bond motifs is 1. The van der Waals surface area contributed by atoms with Gasteiger partial charge in [-0.15, -0.1) is 0 Å². The molecular formula is C25H36F3N3O3S. The van der Waals surface area contributed by atoms with Crippen molar-refractivity contribution in [3.63, 3.8) is 0 Å². The summed E-state index contributed by atoms with van der Waals surface area (Å²) in [5.41, 5.74) is -0.447. The summed E-state index contributed by atoms with van der Waals surface area (Å²) in [7, 11) is -2.81. The first-order valence-electron chi connectivity index (χ1n) is 13.1. The number of aromatic nitrogens is 2. The molecule has 0 aromatic carbocycles. The molecule has 5 fully saturated rings. The van der Waals surface area contributed by atoms with E-state index in [1.807, 2.05) is 0 Å². The maximum absolute atomic E-state index is 13.2. The Hall–Kier alpha value is -1.13. The van der Waals surface area contributed by atoms with Gasteiger partial charge < -0.3 is 5.11 Å². The van der Waals surface area contributed by atoms with Gasteiger partial charge in [-0.25, -0.2) is 8.42 Å². The van der Waals surface area contributed by atoms with Crippen LogP contribution in [-0.4, -0.2) is 70.6 Å². The number of sulfone groups is 1. The normalized spacial score (nSPS) is 40.3. The maximum atomic E-state index is 13.2. The van der Waals surface area contributed by atoms with Gasteiger partial charge in [-0.05, 0) is 83.2 Å². The van der Waals surface area contributed by atoms with E-state index in [4.69, 9.17) is 5.10 Å². The molecule has 6 rings (SSSR count). The number of rotatable bonds is 4. The third kappa shape index (κ3) is 3.97. The van der Waals surface area contributed by atoms with Crippen molar-refractivity contribution < 1.29 is 26.7 Å². The summed E-state index contributed by atoms with van der Waals surface area (Å²) in [5, 5.41) is 14.9. The molecule has 1 spiro atoms. The summed E-state index contributed by atoms with van der Waals surface area (Å²) in [5.74, 6) is 2.37. The SMILES string of the molecule is CC(C)n1nc(C2CCC(O)(C(F)(F)F)CC2)cc1C1[C@H]2CC(N3CCC4(C3)CS(=O)(=O)C4)C[C@@H]12. The smallest absolute Gasteiger partial charge is 0.380 e. The molecule has 0 radical (unpaired) electrons. The fraction of sp³-hybridized carbons (Fsp3) is 0.880. The van der Waals surface area contributed by atoms with E-state index in [1.54, 1.807) is 0 Å². The highest BCUT2D eigenvalue weighted by atomic mass is 32.2. The van der Waals surface area contributed by atoms with Gasteiger partial charge in [-0.3, -0.25) is 9.58 Å². The lowest BCUT2D eigenvalue weighted by molar-refractivity contribution is -0.270. The third-order valence-corrected chi connectivity index (χ3v) is 11.9. The minimum atomic E-state index is -4.58. The third-order valence-electron chi connectivity index (χ3n) is 9.83. The lowest BCUT2D eigenvalue weighted by Gasteiger charge is -2.38. The summed E-state index contributed by atoms with van der Waals surface area (Å²) >= 11 is 0. The molecule has 2 aliphatic heterocycles. The second kappa shape index (κ2) is 7.69. The van der Waals surface area contributed by atoms with Gasteiger partial charge in [0.2, 0.25) is 0 Å². The summed E-state index contributed by atoms with van der Waals surface area (Å²) in [6, 6.07) is 2.87. The molecule has 3 saturated carbocycles. The molecular weight excluding hydrogens is 479 g/mol. The van der Waals surface area contributed by atoms with Crippen LogP contribution in [0, 0.1) is 17.3 Å². The summed E-state index contributed by atoms with van der Waals surface area (Å²) in [4.78, 5) is 2.53. The Morgan fingerprint density at radius 2 is 1.74 bits per heavy atom. The first kappa shape index (κ1) is 24.2. The minimum absolute atomic E-state index is 0.00838. The summed E-state index contributed by atoms with van der Waals surface area (Å²) in [6.07, 6.45) is -1.23. The number of hydrogen-bond donors (Lipinski definition) is 1. The molecule has 1 aromatic heterocycles. The Kier molecular flexibility index (Phi) is 5.32. The molecule has 4 atom stereocenters. The van der Waals surface area contributed by atoms with Gasteiger partial charge in [0.05, 0.1) is 17.2 Å². The number of aliphatic hydroxyl groups is 1. The Labute approximate surface area is 205 Å². The Morgan fingerprint density at radius 1 is 1.11 bits per heavy atom. The van der Waals surface area contributed by atoms with Crippen molar-refractivity contribution in [1.29, 1.82) is 0 Å². The van der Waals surface area contributed by atoms with Crippen molar-refractivity contribution >= 4 is 9.84 Å². The van der Waals surface area contributed by atoms with Crippen LogP contribution in [0.3, 0.4) is 0 Å². The van der Waals surface area contributed by atoms with Crippen LogP contribution in [0.25, 0.3) is 0 Å². The van der Waals surface area contributed by atoms with Crippen molar-refractivity contribution in [1.82, 2.24) is 14.7 Å². The molecule has 2 unspecified atom stereocenters. The topological polar surface area (TPSA) is 75.4 Å². The quantitative estimate of drug-likeness (QED) is 0.656. The highest BCUT2D eigenvalue weighted by molar-refractivity contribution is 7.92. The molecule has 3 aliphatic carbocycles. The zero-order valence-corrected chi connectivity index (χ0v) is 21.3. The van der Waals surface area contributed by atoms with Gasteiger partial charge in [-0.1, -0.05) is 0 Å². The molecule has 35 heavy (non-hydrogen) atoms. The number of hydrogen-bond acceptors (Lipinski definition) is 5. The van der Waals surface area contributed by atoms with Crippen LogP contribution in [0.4, 0.5) is 13.2 Å². The van der Waals surface area contributed by atoms with Crippen molar-refractivity contribution in [2.75, 3.05) is 24.6 Å². The lowest BCUT2D eigenvalue weighted by atomic mass is 9.77. The first-order chi connectivity index (χ1) is 16.3. The fourth-order valence-electron chi connectivity index (χ4n) is 7.92. The predicted molar refractivity (Wildman–Crippen MR) is 125 cm³/mol. The van der Waals surface area contributed by atoms with Gasteiger partial charge in [0.15, 0.2) is 15.4 Å². The van der Waals surface area contributed by atoms with E-state index in [2.05, 4.69) is 29.5 Å². The molecule has 2 saturated heterocycles. The Balaban J connectivity index is 1.11. The molecule has 5 aliphatic rings. The number of alkyl halides is 3. The van der Waals surface area contributed by atoms with Crippen LogP contribution < -0.4 is 0 Å². The van der Waals surface area contributed by atoms with Gasteiger partial charge in [-0.2, -0.15) is 18.3 Å². The lowest BCUT2D eigenvalue weighted by Crippen LogP contribution is -2.50. The van der Waals surface area contributed by atoms with E-state index < -0.39 is 21.6 Å². The van der Waals surface area contributed by atoms with Crippen molar-refractivity contribution in [2.24, 2.45) is 17.3 Å². The van der Waals surface area contributed by atoms with Crippen LogP contribution in [0.1, 0.15) is 88.1 Å². The zero-order valence-electron chi connectivity index (χ0n) is 20.5. The van der Waals surface area contributed by atoms with Crippen LogP contribution in [-0.2, 0) is 9.84 Å². The molecule has 1 N–H and O–H groups in total. The number of likely N-dealkylation sites (tertiary alicyclic amines) is 1. The average molecular weight is 516 g/mol. The van der Waals surface area contributed by atoms with E-state index in [0.717, 1.165) is 38.0 Å². The van der Waals surface area contributed by atoms with Gasteiger partial charge in [0.1, 0.15) is 0 Å². The predicted octanol–water partition coefficient (Wildman–Crippen LogP) is 4.03. The molecule has 6 nitrogen and oxygen atoms in total. The maximum Gasteiger partial charge on any atom is 0.417 e.